The molecule has 0 unspecified atom stereocenters. The number of hydrogen-bond donors (Lipinski definition) is 5. The molecule has 0 saturated carbocycles. The molecular formula is C6H32N7O12P4-3. The molecule has 0 aromatic rings. The van der Waals surface area contributed by atoms with E-state index in [-0.39, 0.29) is 30.8 Å². The van der Waals surface area contributed by atoms with Crippen LogP contribution in [-0.2, 0) is 18.3 Å². The molecule has 0 bridgehead atoms. The van der Waals surface area contributed by atoms with Gasteiger partial charge >= 0.3 is 0 Å². The van der Waals surface area contributed by atoms with Gasteiger partial charge in [0.1, 0.15) is 0 Å². The van der Waals surface area contributed by atoms with Crippen LogP contribution in [0, 0.1) is 0 Å². The molecule has 0 aliphatic heterocycles. The minimum absolute atomic E-state index is 0. The van der Waals surface area contributed by atoms with Gasteiger partial charge in [-0.15, -0.1) is 0 Å². The number of quaternary nitrogens is 5. The average Bonchev–Trinajstić information content (AvgIpc) is 2.16. The van der Waals surface area contributed by atoms with E-state index in [1.54, 1.807) is 0 Å². The molecule has 0 aromatic carbocycles. The first-order valence-electron chi connectivity index (χ1n) is 5.85. The summed E-state index contributed by atoms with van der Waals surface area (Å²) in [5.41, 5.74) is 0. The highest BCUT2D eigenvalue weighted by Crippen LogP contribution is 2.32. The zero-order valence-corrected chi connectivity index (χ0v) is 20.4. The molecule has 29 heavy (non-hydrogen) atoms. The lowest BCUT2D eigenvalue weighted by molar-refractivity contribution is -0.322. The maximum Gasteiger partial charge on any atom is 0.0264 e. The fraction of sp³-hybridized carbons (Fsp3) is 1.00. The van der Waals surface area contributed by atoms with Crippen molar-refractivity contribution in [3.8, 4) is 0 Å². The topological polar surface area (TPSA) is 442 Å². The zero-order chi connectivity index (χ0) is 19.4. The Labute approximate surface area is 167 Å². The van der Waals surface area contributed by atoms with Crippen molar-refractivity contribution in [3.63, 3.8) is 0 Å². The van der Waals surface area contributed by atoms with Gasteiger partial charge in [-0.2, -0.15) is 0 Å². The molecule has 186 valence electrons. The third kappa shape index (κ3) is 30.6. The van der Waals surface area contributed by atoms with Crippen LogP contribution in [-0.4, -0.2) is 48.0 Å². The van der Waals surface area contributed by atoms with Crippen molar-refractivity contribution in [1.82, 2.24) is 40.6 Å². The predicted octanol–water partition coefficient (Wildman–Crippen LogP) is -5.04. The third-order valence-corrected chi connectivity index (χ3v) is 5.21. The molecule has 0 rings (SSSR count). The highest BCUT2D eigenvalue weighted by Gasteiger charge is 2.14. The summed E-state index contributed by atoms with van der Waals surface area (Å²) in [6.07, 6.45) is -5.63. The molecule has 0 atom stereocenters. The highest BCUT2D eigenvalue weighted by molar-refractivity contribution is 7.50. The quantitative estimate of drug-likeness (QED) is 0.160. The van der Waals surface area contributed by atoms with Gasteiger partial charge in [-0.3, -0.25) is 9.80 Å². The predicted molar refractivity (Wildman–Crippen MR) is 93.2 cm³/mol. The summed E-state index contributed by atoms with van der Waals surface area (Å²) in [7, 11) is -21.2. The number of rotatable bonds is 11. The van der Waals surface area contributed by atoms with Crippen LogP contribution in [0.3, 0.4) is 0 Å². The lowest BCUT2D eigenvalue weighted by Gasteiger charge is -2.44. The van der Waals surface area contributed by atoms with E-state index >= 15 is 0 Å². The summed E-state index contributed by atoms with van der Waals surface area (Å²) in [4.78, 5) is 85.9. The molecule has 0 aromatic heterocycles. The van der Waals surface area contributed by atoms with E-state index < -0.39 is 68.6 Å². The molecule has 0 saturated heterocycles. The molecular weight excluding hydrogens is 486 g/mol. The van der Waals surface area contributed by atoms with Crippen LogP contribution in [0.15, 0.2) is 0 Å². The third-order valence-electron chi connectivity index (χ3n) is 2.23. The van der Waals surface area contributed by atoms with Crippen molar-refractivity contribution in [3.05, 3.63) is 0 Å². The van der Waals surface area contributed by atoms with Crippen molar-refractivity contribution < 1.29 is 57.4 Å². The van der Waals surface area contributed by atoms with Crippen LogP contribution in [0.25, 0.3) is 0 Å². The second-order valence-corrected chi connectivity index (χ2v) is 10.8. The molecule has 23 heteroatoms. The first-order valence-corrected chi connectivity index (χ1v) is 12.8. The van der Waals surface area contributed by atoms with Gasteiger partial charge in [0.15, 0.2) is 0 Å². The van der Waals surface area contributed by atoms with E-state index in [9.17, 15) is 57.4 Å². The van der Waals surface area contributed by atoms with Crippen LogP contribution in [0.1, 0.15) is 0 Å². The minimum atomic E-state index is -5.30. The van der Waals surface area contributed by atoms with E-state index in [0.29, 0.717) is 9.80 Å². The van der Waals surface area contributed by atoms with Crippen molar-refractivity contribution in [1.29, 1.82) is 0 Å². The SMILES string of the molecule is O=P([O-])([O-])CN(CCN(CP(=O)([O-])[O-])CP(=O)([O-])[O-])CP(=O)([O-])[O-].[NH4+].[NH4+].[NH4+].[NH4+].[NH4+]. The molecule has 0 aliphatic rings. The Morgan fingerprint density at radius 1 is 0.414 bits per heavy atom. The lowest BCUT2D eigenvalue weighted by Crippen LogP contribution is -2.43. The smallest absolute Gasteiger partial charge is 0.0264 e. The normalized spacial score (nSPS) is 12.1. The van der Waals surface area contributed by atoms with Crippen molar-refractivity contribution in [2.75, 3.05) is 38.2 Å². The van der Waals surface area contributed by atoms with Crippen LogP contribution >= 0.6 is 30.4 Å². The minimum Gasteiger partial charge on any atom is -0.810 e. The summed E-state index contributed by atoms with van der Waals surface area (Å²) in [5, 5.41) is 0. The molecule has 0 aliphatic carbocycles. The van der Waals surface area contributed by atoms with Gasteiger partial charge in [-0.05, 0) is 0 Å². The Balaban J connectivity index is -0.000000264. The second-order valence-electron chi connectivity index (χ2n) is 4.80. The van der Waals surface area contributed by atoms with Crippen LogP contribution in [0.5, 0.6) is 0 Å². The van der Waals surface area contributed by atoms with E-state index in [4.69, 9.17) is 0 Å². The molecule has 19 nitrogen and oxygen atoms in total. The van der Waals surface area contributed by atoms with Gasteiger partial charge < -0.3 is 88.2 Å². The van der Waals surface area contributed by atoms with Gasteiger partial charge in [0, 0.05) is 38.2 Å². The summed E-state index contributed by atoms with van der Waals surface area (Å²) >= 11 is 0. The molecule has 0 spiro atoms. The van der Waals surface area contributed by atoms with E-state index in [1.165, 1.54) is 0 Å². The standard InChI is InChI=1S/C6H20N2O12P4.5H3N/c9-21(10,11)3-7(4-22(12,13)14)1-2-8(5-23(15,16)17)6-24(18,19)20;;;;;/h1-6H2,(H2,9,10,11)(H2,12,13,14)(H2,15,16,17)(H2,18,19,20);5*1H3/p-3. The van der Waals surface area contributed by atoms with Crippen molar-refractivity contribution in [2.45, 2.75) is 0 Å². The molecule has 0 fully saturated rings. The van der Waals surface area contributed by atoms with Gasteiger partial charge in [0.25, 0.3) is 0 Å². The zero-order valence-electron chi connectivity index (χ0n) is 16.8. The Morgan fingerprint density at radius 3 is 0.655 bits per heavy atom. The Bertz CT molecular complexity index is 500. The Kier molecular flexibility index (Phi) is 23.9. The summed E-state index contributed by atoms with van der Waals surface area (Å²) in [5.74, 6) is 0. The lowest BCUT2D eigenvalue weighted by atomic mass is 10.5. The van der Waals surface area contributed by atoms with E-state index in [1.807, 2.05) is 0 Å². The van der Waals surface area contributed by atoms with Gasteiger partial charge in [0.2, 0.25) is 0 Å². The van der Waals surface area contributed by atoms with E-state index in [2.05, 4.69) is 0 Å². The highest BCUT2D eigenvalue weighted by atomic mass is 31.2. The fourth-order valence-corrected chi connectivity index (χ4v) is 4.88. The van der Waals surface area contributed by atoms with Crippen LogP contribution in [0.4, 0.5) is 0 Å². The summed E-state index contributed by atoms with van der Waals surface area (Å²) in [6, 6.07) is 0. The first-order chi connectivity index (χ1) is 10.4. The first kappa shape index (κ1) is 43.2. The Morgan fingerprint density at radius 2 is 0.552 bits per heavy atom. The van der Waals surface area contributed by atoms with Crippen molar-refractivity contribution in [2.24, 2.45) is 0 Å². The largest absolute Gasteiger partial charge is 0.810 e. The van der Waals surface area contributed by atoms with Crippen molar-refractivity contribution >= 4 is 30.4 Å². The van der Waals surface area contributed by atoms with Gasteiger partial charge in [0.05, 0.1) is 0 Å². The van der Waals surface area contributed by atoms with E-state index in [0.717, 1.165) is 0 Å². The summed E-state index contributed by atoms with van der Waals surface area (Å²) < 4.78 is 42.7. The maximum atomic E-state index is 10.7. The number of nitrogens with zero attached hydrogens (tertiary/aromatic N) is 2. The fourth-order valence-electron chi connectivity index (χ4n) is 1.63. The second kappa shape index (κ2) is 16.0. The average molecular weight is 518 g/mol. The number of hydrogen-bond acceptors (Lipinski definition) is 14. The Hall–Kier alpha value is 0.320. The molecule has 0 heterocycles. The molecule has 0 radical (unpaired) electrons. The monoisotopic (exact) mass is 518 g/mol. The maximum absolute atomic E-state index is 10.7. The molecule has 20 N–H and O–H groups in total. The van der Waals surface area contributed by atoms with Gasteiger partial charge in [-0.1, -0.05) is 30.4 Å². The summed E-state index contributed by atoms with van der Waals surface area (Å²) in [6.45, 7) is -1.55. The van der Waals surface area contributed by atoms with Crippen LogP contribution in [0.2, 0.25) is 0 Å². The van der Waals surface area contributed by atoms with Gasteiger partial charge in [-0.25, -0.2) is 0 Å². The van der Waals surface area contributed by atoms with Crippen LogP contribution < -0.4 is 69.9 Å². The molecule has 0 amide bonds.